The molecule has 0 fully saturated rings. The maximum Gasteiger partial charge on any atom is 0.305 e. The summed E-state index contributed by atoms with van der Waals surface area (Å²) in [4.78, 5) is 13.5. The van der Waals surface area contributed by atoms with Gasteiger partial charge >= 0.3 is 5.97 Å². The predicted molar refractivity (Wildman–Crippen MR) is 55.0 cm³/mol. The lowest BCUT2D eigenvalue weighted by Crippen LogP contribution is -2.07. The van der Waals surface area contributed by atoms with Gasteiger partial charge < -0.3 is 9.47 Å². The van der Waals surface area contributed by atoms with Crippen LogP contribution in [0.5, 0.6) is 0 Å². The second kappa shape index (κ2) is 9.30. The molecule has 0 amide bonds. The van der Waals surface area contributed by atoms with Crippen LogP contribution in [0.25, 0.3) is 10.4 Å². The summed E-state index contributed by atoms with van der Waals surface area (Å²) in [6.07, 6.45) is 1.44. The molecule has 0 bridgehead atoms. The summed E-state index contributed by atoms with van der Waals surface area (Å²) in [5.74, 6) is -0.180. The van der Waals surface area contributed by atoms with Crippen molar-refractivity contribution in [2.24, 2.45) is 5.11 Å². The Kier molecular flexibility index (Phi) is 8.52. The largest absolute Gasteiger partial charge is 0.466 e. The number of carbonyl (C=O) groups excluding carboxylic acids is 1. The zero-order valence-corrected chi connectivity index (χ0v) is 9.18. The molecule has 0 N–H and O–H groups in total. The van der Waals surface area contributed by atoms with Crippen molar-refractivity contribution in [2.45, 2.75) is 39.3 Å². The highest BCUT2D eigenvalue weighted by atomic mass is 16.5. The minimum Gasteiger partial charge on any atom is -0.466 e. The molecule has 6 nitrogen and oxygen atoms in total. The number of carbonyl (C=O) groups is 1. The first kappa shape index (κ1) is 13.7. The Balaban J connectivity index is 3.31. The van der Waals surface area contributed by atoms with E-state index in [9.17, 15) is 4.79 Å². The van der Waals surface area contributed by atoms with E-state index in [1.807, 2.05) is 0 Å². The molecule has 0 aromatic carbocycles. The minimum absolute atomic E-state index is 0.180. The maximum absolute atomic E-state index is 10.9. The number of rotatable bonds is 8. The van der Waals surface area contributed by atoms with Crippen molar-refractivity contribution >= 4 is 5.97 Å². The van der Waals surface area contributed by atoms with Crippen LogP contribution in [0.3, 0.4) is 0 Å². The SMILES string of the molecule is CCOC(=O)CCCCOC(C)N=[N+]=[N-]. The first-order valence-corrected chi connectivity index (χ1v) is 5.02. The maximum atomic E-state index is 10.9. The predicted octanol–water partition coefficient (Wildman–Crippen LogP) is 2.39. The number of nitrogens with zero attached hydrogens (tertiary/aromatic N) is 3. The van der Waals surface area contributed by atoms with Gasteiger partial charge in [0.25, 0.3) is 0 Å². The smallest absolute Gasteiger partial charge is 0.305 e. The second-order valence-corrected chi connectivity index (χ2v) is 2.94. The standard InChI is InChI=1S/C9H17N3O3/c1-3-14-9(13)6-4-5-7-15-8(2)11-12-10/h8H,3-7H2,1-2H3. The van der Waals surface area contributed by atoms with E-state index in [-0.39, 0.29) is 5.97 Å². The van der Waals surface area contributed by atoms with E-state index < -0.39 is 6.23 Å². The highest BCUT2D eigenvalue weighted by Crippen LogP contribution is 2.01. The van der Waals surface area contributed by atoms with Crippen molar-refractivity contribution in [3.8, 4) is 0 Å². The van der Waals surface area contributed by atoms with E-state index >= 15 is 0 Å². The van der Waals surface area contributed by atoms with Crippen LogP contribution in [0.1, 0.15) is 33.1 Å². The lowest BCUT2D eigenvalue weighted by atomic mass is 10.2. The van der Waals surface area contributed by atoms with Crippen molar-refractivity contribution in [2.75, 3.05) is 13.2 Å². The number of ether oxygens (including phenoxy) is 2. The number of esters is 1. The van der Waals surface area contributed by atoms with Gasteiger partial charge in [0.15, 0.2) is 0 Å². The van der Waals surface area contributed by atoms with Crippen LogP contribution in [0.4, 0.5) is 0 Å². The molecule has 0 aromatic heterocycles. The normalized spacial score (nSPS) is 11.6. The van der Waals surface area contributed by atoms with Crippen LogP contribution >= 0.6 is 0 Å². The van der Waals surface area contributed by atoms with Gasteiger partial charge in [-0.05, 0) is 32.2 Å². The highest BCUT2D eigenvalue weighted by Gasteiger charge is 2.01. The van der Waals surface area contributed by atoms with Crippen molar-refractivity contribution in [3.05, 3.63) is 10.4 Å². The van der Waals surface area contributed by atoms with Crippen LogP contribution < -0.4 is 0 Å². The summed E-state index contributed by atoms with van der Waals surface area (Å²) in [6, 6.07) is 0. The molecule has 0 aliphatic heterocycles. The Morgan fingerprint density at radius 2 is 2.27 bits per heavy atom. The van der Waals surface area contributed by atoms with Gasteiger partial charge in [-0.2, -0.15) is 0 Å². The molecule has 0 aromatic rings. The topological polar surface area (TPSA) is 84.3 Å². The molecule has 0 saturated heterocycles. The fraction of sp³-hybridized carbons (Fsp3) is 0.889. The summed E-state index contributed by atoms with van der Waals surface area (Å²) < 4.78 is 9.91. The number of hydrogen-bond acceptors (Lipinski definition) is 4. The highest BCUT2D eigenvalue weighted by molar-refractivity contribution is 5.69. The van der Waals surface area contributed by atoms with Crippen molar-refractivity contribution < 1.29 is 14.3 Å². The summed E-state index contributed by atoms with van der Waals surface area (Å²) in [5, 5.41) is 3.35. The lowest BCUT2D eigenvalue weighted by molar-refractivity contribution is -0.143. The first-order chi connectivity index (χ1) is 7.20. The molecule has 0 rings (SSSR count). The van der Waals surface area contributed by atoms with E-state index in [0.717, 1.165) is 12.8 Å². The molecular formula is C9H17N3O3. The molecule has 86 valence electrons. The molecular weight excluding hydrogens is 198 g/mol. The fourth-order valence-corrected chi connectivity index (χ4v) is 0.965. The Bertz CT molecular complexity index is 227. The Morgan fingerprint density at radius 3 is 2.87 bits per heavy atom. The molecule has 1 unspecified atom stereocenters. The van der Waals surface area contributed by atoms with Gasteiger partial charge in [-0.3, -0.25) is 4.79 Å². The third-order valence-corrected chi connectivity index (χ3v) is 1.65. The molecule has 0 aliphatic rings. The molecule has 6 heteroatoms. The van der Waals surface area contributed by atoms with Crippen LogP contribution in [-0.4, -0.2) is 25.4 Å². The molecule has 0 saturated carbocycles. The van der Waals surface area contributed by atoms with Crippen LogP contribution in [0.2, 0.25) is 0 Å². The Hall–Kier alpha value is -1.26. The van der Waals surface area contributed by atoms with Crippen molar-refractivity contribution in [3.63, 3.8) is 0 Å². The van der Waals surface area contributed by atoms with Crippen LogP contribution in [0.15, 0.2) is 5.11 Å². The zero-order chi connectivity index (χ0) is 11.5. The Morgan fingerprint density at radius 1 is 1.53 bits per heavy atom. The fourth-order valence-electron chi connectivity index (χ4n) is 0.965. The summed E-state index contributed by atoms with van der Waals surface area (Å²) in [6.45, 7) is 4.36. The van der Waals surface area contributed by atoms with Crippen molar-refractivity contribution in [1.29, 1.82) is 0 Å². The molecule has 0 radical (unpaired) electrons. The third kappa shape index (κ3) is 9.05. The van der Waals surface area contributed by atoms with Gasteiger partial charge in [0.1, 0.15) is 6.23 Å². The van der Waals surface area contributed by atoms with Crippen molar-refractivity contribution in [1.82, 2.24) is 0 Å². The average Bonchev–Trinajstić information content (AvgIpc) is 2.18. The first-order valence-electron chi connectivity index (χ1n) is 5.02. The third-order valence-electron chi connectivity index (χ3n) is 1.65. The van der Waals surface area contributed by atoms with Gasteiger partial charge in [-0.15, -0.1) is 0 Å². The number of unbranched alkanes of at least 4 members (excludes halogenated alkanes) is 1. The van der Waals surface area contributed by atoms with Gasteiger partial charge in [0, 0.05) is 17.9 Å². The van der Waals surface area contributed by atoms with Gasteiger partial charge in [0.05, 0.1) is 6.61 Å². The molecule has 0 heterocycles. The number of hydrogen-bond donors (Lipinski definition) is 0. The molecule has 0 spiro atoms. The lowest BCUT2D eigenvalue weighted by Gasteiger charge is -2.06. The minimum atomic E-state index is -0.447. The number of azide groups is 1. The van der Waals surface area contributed by atoms with Gasteiger partial charge in [0.2, 0.25) is 0 Å². The van der Waals surface area contributed by atoms with Crippen LogP contribution in [-0.2, 0) is 14.3 Å². The van der Waals surface area contributed by atoms with E-state index in [0.29, 0.717) is 19.6 Å². The summed E-state index contributed by atoms with van der Waals surface area (Å²) >= 11 is 0. The van der Waals surface area contributed by atoms with E-state index in [1.165, 1.54) is 0 Å². The Labute approximate surface area is 89.2 Å². The zero-order valence-electron chi connectivity index (χ0n) is 9.18. The van der Waals surface area contributed by atoms with Crippen LogP contribution in [0, 0.1) is 0 Å². The quantitative estimate of drug-likeness (QED) is 0.205. The van der Waals surface area contributed by atoms with E-state index in [4.69, 9.17) is 15.0 Å². The molecule has 0 aliphatic carbocycles. The van der Waals surface area contributed by atoms with Gasteiger partial charge in [-0.1, -0.05) is 5.11 Å². The average molecular weight is 215 g/mol. The summed E-state index contributed by atoms with van der Waals surface area (Å²) in [5.41, 5.74) is 8.09. The van der Waals surface area contributed by atoms with E-state index in [1.54, 1.807) is 13.8 Å². The summed E-state index contributed by atoms with van der Waals surface area (Å²) in [7, 11) is 0. The second-order valence-electron chi connectivity index (χ2n) is 2.94. The van der Waals surface area contributed by atoms with Gasteiger partial charge in [-0.25, -0.2) is 0 Å². The van der Waals surface area contributed by atoms with E-state index in [2.05, 4.69) is 10.0 Å². The monoisotopic (exact) mass is 215 g/mol. The molecule has 1 atom stereocenters. The molecule has 15 heavy (non-hydrogen) atoms.